The normalized spacial score (nSPS) is 9.50. The van der Waals surface area contributed by atoms with E-state index in [0.29, 0.717) is 0 Å². The second-order valence-corrected chi connectivity index (χ2v) is 2.83. The summed E-state index contributed by atoms with van der Waals surface area (Å²) in [6, 6.07) is 0. The van der Waals surface area contributed by atoms with Crippen LogP contribution < -0.4 is 0 Å². The highest BCUT2D eigenvalue weighted by atomic mass is 32.3. The first-order valence-electron chi connectivity index (χ1n) is 2.77. The molecule has 3 nitrogen and oxygen atoms in total. The van der Waals surface area contributed by atoms with Gasteiger partial charge in [-0.25, -0.2) is 0 Å². The molecule has 0 N–H and O–H groups in total. The third kappa shape index (κ3) is 6.40. The number of halogens is 5. The molecule has 0 bridgehead atoms. The van der Waals surface area contributed by atoms with E-state index in [1.807, 2.05) is 0 Å². The zero-order chi connectivity index (χ0) is 11.8. The predicted octanol–water partition coefficient (Wildman–Crippen LogP) is 2.39. The monoisotopic (exact) mass is 240 g/mol. The fourth-order valence-corrected chi connectivity index (χ4v) is 0.745. The largest absolute Gasteiger partial charge is 0.473 e. The number of hydrogen-bond donors (Lipinski definition) is 0. The smallest absolute Gasteiger partial charge is 0.371 e. The third-order valence-corrected chi connectivity index (χ3v) is 1.42. The van der Waals surface area contributed by atoms with E-state index in [4.69, 9.17) is 9.15 Å². The summed E-state index contributed by atoms with van der Waals surface area (Å²) in [5.74, 6) is 0. The summed E-state index contributed by atoms with van der Waals surface area (Å²) in [6.45, 7) is 2.56. The van der Waals surface area contributed by atoms with E-state index < -0.39 is 28.0 Å². The molecule has 84 valence electrons. The molecule has 0 aromatic carbocycles. The lowest BCUT2D eigenvalue weighted by atomic mass is 10.7. The van der Waals surface area contributed by atoms with Crippen LogP contribution in [-0.4, -0.2) is 15.0 Å². The second-order valence-electron chi connectivity index (χ2n) is 1.59. The van der Waals surface area contributed by atoms with E-state index in [1.54, 1.807) is 0 Å². The van der Waals surface area contributed by atoms with Gasteiger partial charge in [0.15, 0.2) is 0 Å². The van der Waals surface area contributed by atoms with Crippen molar-refractivity contribution in [2.75, 3.05) is 6.61 Å². The Bertz CT molecular complexity index is 292. The van der Waals surface area contributed by atoms with Gasteiger partial charge >= 0.3 is 21.4 Å². The van der Waals surface area contributed by atoms with Crippen molar-refractivity contribution in [3.05, 3.63) is 23.8 Å². The van der Waals surface area contributed by atoms with Crippen LogP contribution in [0.5, 0.6) is 0 Å². The van der Waals surface area contributed by atoms with Crippen molar-refractivity contribution >= 4 is 10.2 Å². The average molecular weight is 240 g/mol. The van der Waals surface area contributed by atoms with Crippen LogP contribution in [0.15, 0.2) is 23.8 Å². The highest BCUT2D eigenvalue weighted by Gasteiger charge is 2.24. The van der Waals surface area contributed by atoms with Gasteiger partial charge in [0.2, 0.25) is 0 Å². The summed E-state index contributed by atoms with van der Waals surface area (Å²) in [4.78, 5) is 0. The Morgan fingerprint density at radius 1 is 1.36 bits per heavy atom. The topological polar surface area (TPSA) is 43.4 Å². The van der Waals surface area contributed by atoms with Gasteiger partial charge in [0.1, 0.15) is 6.61 Å². The quantitative estimate of drug-likeness (QED) is 0.328. The lowest BCUT2D eigenvalue weighted by Crippen LogP contribution is -2.02. The van der Waals surface area contributed by atoms with E-state index in [1.165, 1.54) is 0 Å². The minimum atomic E-state index is -5.48. The Labute approximate surface area is 76.5 Å². The SMILES string of the molecule is C=CCOC(=C(F)F)S(=O)(=O)F.FF. The molecule has 0 saturated carbocycles. The zero-order valence-corrected chi connectivity index (χ0v) is 7.33. The molecule has 0 aliphatic carbocycles. The van der Waals surface area contributed by atoms with Crippen molar-refractivity contribution in [1.29, 1.82) is 0 Å². The van der Waals surface area contributed by atoms with Crippen LogP contribution in [0.3, 0.4) is 0 Å². The molecule has 0 heterocycles. The van der Waals surface area contributed by atoms with Crippen LogP contribution in [0.25, 0.3) is 0 Å². The summed E-state index contributed by atoms with van der Waals surface area (Å²) in [7, 11) is -5.48. The summed E-state index contributed by atoms with van der Waals surface area (Å²) in [5, 5.41) is -1.96. The minimum absolute atomic E-state index is 0.504. The minimum Gasteiger partial charge on any atom is -0.473 e. The van der Waals surface area contributed by atoms with Crippen LogP contribution in [0.1, 0.15) is 0 Å². The summed E-state index contributed by atoms with van der Waals surface area (Å²) in [6.07, 6.45) is -1.71. The number of ether oxygens (including phenoxy) is 1. The third-order valence-electron chi connectivity index (χ3n) is 0.708. The molecule has 0 aromatic heterocycles. The van der Waals surface area contributed by atoms with Gasteiger partial charge in [-0.2, -0.15) is 17.2 Å². The van der Waals surface area contributed by atoms with Crippen molar-refractivity contribution in [3.63, 3.8) is 0 Å². The van der Waals surface area contributed by atoms with E-state index in [-0.39, 0.29) is 0 Å². The average Bonchev–Trinajstić information content (AvgIpc) is 2.05. The lowest BCUT2D eigenvalue weighted by molar-refractivity contribution is 0.108. The molecule has 0 saturated heterocycles. The van der Waals surface area contributed by atoms with Gasteiger partial charge in [-0.05, 0) is 0 Å². The number of rotatable bonds is 4. The predicted molar refractivity (Wildman–Crippen MR) is 37.6 cm³/mol. The molecule has 0 amide bonds. The Morgan fingerprint density at radius 2 is 1.79 bits per heavy atom. The number of hydrogen-bond acceptors (Lipinski definition) is 3. The Hall–Kier alpha value is -1.12. The maximum absolute atomic E-state index is 11.9. The van der Waals surface area contributed by atoms with Gasteiger partial charge < -0.3 is 4.74 Å². The molecule has 0 unspecified atom stereocenters. The van der Waals surface area contributed by atoms with Crippen molar-refractivity contribution in [2.45, 2.75) is 0 Å². The first kappa shape index (κ1) is 15.4. The van der Waals surface area contributed by atoms with Gasteiger partial charge in [-0.1, -0.05) is 16.5 Å². The highest BCUT2D eigenvalue weighted by Crippen LogP contribution is 2.17. The van der Waals surface area contributed by atoms with Crippen molar-refractivity contribution in [1.82, 2.24) is 0 Å². The summed E-state index contributed by atoms with van der Waals surface area (Å²) >= 11 is 0. The standard InChI is InChI=1S/C5H5F3O3S.F2/c1-2-3-11-5(4(6)7)12(8,9)10;1-2/h2H,1,3H2;. The summed E-state index contributed by atoms with van der Waals surface area (Å²) < 4.78 is 74.8. The van der Waals surface area contributed by atoms with Crippen LogP contribution in [0.2, 0.25) is 0 Å². The van der Waals surface area contributed by atoms with Crippen molar-refractivity contribution in [3.8, 4) is 0 Å². The highest BCUT2D eigenvalue weighted by molar-refractivity contribution is 7.90. The van der Waals surface area contributed by atoms with Gasteiger partial charge in [0.05, 0.1) is 0 Å². The molecule has 0 aliphatic rings. The molecule has 0 aliphatic heterocycles. The molecule has 0 radical (unpaired) electrons. The molecule has 0 atom stereocenters. The molecule has 14 heavy (non-hydrogen) atoms. The maximum atomic E-state index is 11.9. The lowest BCUT2D eigenvalue weighted by Gasteiger charge is -2.00. The van der Waals surface area contributed by atoms with E-state index in [9.17, 15) is 21.1 Å². The van der Waals surface area contributed by atoms with E-state index in [2.05, 4.69) is 11.3 Å². The van der Waals surface area contributed by atoms with Gasteiger partial charge in [-0.15, -0.1) is 0 Å². The Morgan fingerprint density at radius 3 is 2.00 bits per heavy atom. The molecule has 0 aromatic rings. The molecule has 0 fully saturated rings. The molecule has 0 rings (SSSR count). The first-order chi connectivity index (χ1) is 6.39. The van der Waals surface area contributed by atoms with E-state index in [0.717, 1.165) is 6.08 Å². The Balaban J connectivity index is 0. The molecular weight excluding hydrogens is 235 g/mol. The van der Waals surface area contributed by atoms with Crippen LogP contribution in [0, 0.1) is 0 Å². The maximum Gasteiger partial charge on any atom is 0.371 e. The van der Waals surface area contributed by atoms with Gasteiger partial charge in [-0.3, -0.25) is 0 Å². The van der Waals surface area contributed by atoms with Crippen LogP contribution in [0.4, 0.5) is 21.8 Å². The van der Waals surface area contributed by atoms with E-state index >= 15 is 0 Å². The van der Waals surface area contributed by atoms with Gasteiger partial charge in [0, 0.05) is 9.15 Å². The molecular formula is C5H5F5O3S. The fraction of sp³-hybridized carbons (Fsp3) is 0.200. The van der Waals surface area contributed by atoms with Crippen LogP contribution >= 0.6 is 0 Å². The molecule has 9 heteroatoms. The van der Waals surface area contributed by atoms with Gasteiger partial charge in [0.25, 0.3) is 0 Å². The summed E-state index contributed by atoms with van der Waals surface area (Å²) in [5.41, 5.74) is 0. The van der Waals surface area contributed by atoms with Crippen molar-refractivity contribution < 1.29 is 35.0 Å². The first-order valence-corrected chi connectivity index (χ1v) is 4.16. The van der Waals surface area contributed by atoms with Crippen molar-refractivity contribution in [2.24, 2.45) is 0 Å². The second kappa shape index (κ2) is 7.30. The molecule has 0 spiro atoms. The van der Waals surface area contributed by atoms with Crippen LogP contribution in [-0.2, 0) is 15.0 Å². The Kier molecular flexibility index (Phi) is 8.01. The zero-order valence-electron chi connectivity index (χ0n) is 6.51. The fourth-order valence-electron chi connectivity index (χ4n) is 0.352.